The summed E-state index contributed by atoms with van der Waals surface area (Å²) in [6.45, 7) is 1.91. The van der Waals surface area contributed by atoms with Gasteiger partial charge in [-0.25, -0.2) is 0 Å². The molecule has 1 aliphatic rings. The first-order valence-electron chi connectivity index (χ1n) is 7.94. The minimum Gasteiger partial charge on any atom is -0.378 e. The highest BCUT2D eigenvalue weighted by Gasteiger charge is 2.25. The highest BCUT2D eigenvalue weighted by atomic mass is 35.5. The number of amides is 1. The second-order valence-corrected chi connectivity index (χ2v) is 7.01. The lowest BCUT2D eigenvalue weighted by molar-refractivity contribution is -0.384. The fourth-order valence-corrected chi connectivity index (χ4v) is 3.29. The minimum absolute atomic E-state index is 0.0465. The molecule has 1 fully saturated rings. The molecule has 0 spiro atoms. The zero-order chi connectivity index (χ0) is 19.6. The van der Waals surface area contributed by atoms with Crippen molar-refractivity contribution < 1.29 is 14.5 Å². The molecule has 27 heavy (non-hydrogen) atoms. The molecule has 1 amide bonds. The van der Waals surface area contributed by atoms with E-state index in [1.165, 1.54) is 24.3 Å². The van der Waals surface area contributed by atoms with E-state index >= 15 is 0 Å². The number of benzene rings is 2. The summed E-state index contributed by atoms with van der Waals surface area (Å²) in [5, 5.41) is 14.7. The molecular formula is C17H14Cl3N3O4. The average Bonchev–Trinajstić information content (AvgIpc) is 2.65. The molecule has 0 aliphatic carbocycles. The molecule has 0 saturated carbocycles. The van der Waals surface area contributed by atoms with Gasteiger partial charge in [0.1, 0.15) is 5.69 Å². The predicted octanol–water partition coefficient (Wildman–Crippen LogP) is 4.64. The van der Waals surface area contributed by atoms with Gasteiger partial charge in [-0.2, -0.15) is 0 Å². The summed E-state index contributed by atoms with van der Waals surface area (Å²) in [4.78, 5) is 25.3. The van der Waals surface area contributed by atoms with E-state index in [1.54, 1.807) is 6.07 Å². The molecular weight excluding hydrogens is 417 g/mol. The van der Waals surface area contributed by atoms with Gasteiger partial charge in [0, 0.05) is 24.2 Å². The number of nitro groups is 1. The van der Waals surface area contributed by atoms with Crippen LogP contribution in [-0.4, -0.2) is 37.1 Å². The van der Waals surface area contributed by atoms with Crippen molar-refractivity contribution in [1.82, 2.24) is 0 Å². The normalized spacial score (nSPS) is 14.1. The molecule has 0 radical (unpaired) electrons. The van der Waals surface area contributed by atoms with Crippen molar-refractivity contribution in [3.63, 3.8) is 0 Å². The second kappa shape index (κ2) is 8.31. The van der Waals surface area contributed by atoms with Crippen LogP contribution < -0.4 is 10.2 Å². The van der Waals surface area contributed by atoms with Crippen LogP contribution in [-0.2, 0) is 4.74 Å². The summed E-state index contributed by atoms with van der Waals surface area (Å²) in [5.74, 6) is -0.522. The van der Waals surface area contributed by atoms with Gasteiger partial charge in [0.2, 0.25) is 0 Å². The standard InChI is InChI=1S/C17H14Cl3N3O4/c18-10-1-2-12(19)11(7-10)17(24)21-14-9-15(22-3-5-27-6-4-22)16(23(25)26)8-13(14)20/h1-2,7-9H,3-6H2,(H,21,24). The molecule has 0 atom stereocenters. The lowest BCUT2D eigenvalue weighted by Crippen LogP contribution is -2.36. The molecule has 1 heterocycles. The maximum Gasteiger partial charge on any atom is 0.294 e. The number of halogens is 3. The maximum absolute atomic E-state index is 12.6. The molecule has 1 saturated heterocycles. The molecule has 3 rings (SSSR count). The van der Waals surface area contributed by atoms with Crippen LogP contribution in [0.15, 0.2) is 30.3 Å². The van der Waals surface area contributed by atoms with Crippen LogP contribution in [0, 0.1) is 10.1 Å². The fraction of sp³-hybridized carbons (Fsp3) is 0.235. The third kappa shape index (κ3) is 4.44. The molecule has 1 N–H and O–H groups in total. The Kier molecular flexibility index (Phi) is 6.06. The van der Waals surface area contributed by atoms with Gasteiger partial charge in [-0.3, -0.25) is 14.9 Å². The molecule has 0 aromatic heterocycles. The van der Waals surface area contributed by atoms with Crippen molar-refractivity contribution in [3.8, 4) is 0 Å². The minimum atomic E-state index is -0.522. The van der Waals surface area contributed by atoms with Crippen LogP contribution in [0.3, 0.4) is 0 Å². The number of rotatable bonds is 4. The van der Waals surface area contributed by atoms with E-state index in [1.807, 2.05) is 4.90 Å². The number of hydrogen-bond donors (Lipinski definition) is 1. The zero-order valence-corrected chi connectivity index (χ0v) is 16.1. The quantitative estimate of drug-likeness (QED) is 0.564. The molecule has 0 unspecified atom stereocenters. The Balaban J connectivity index is 1.96. The predicted molar refractivity (Wildman–Crippen MR) is 106 cm³/mol. The maximum atomic E-state index is 12.6. The Morgan fingerprint density at radius 3 is 2.48 bits per heavy atom. The third-order valence-corrected chi connectivity index (χ3v) is 4.91. The van der Waals surface area contributed by atoms with Gasteiger partial charge in [-0.05, 0) is 24.3 Å². The number of morpholine rings is 1. The van der Waals surface area contributed by atoms with Crippen LogP contribution in [0.1, 0.15) is 10.4 Å². The highest BCUT2D eigenvalue weighted by molar-refractivity contribution is 6.37. The SMILES string of the molecule is O=C(Nc1cc(N2CCOCC2)c([N+](=O)[O-])cc1Cl)c1cc(Cl)ccc1Cl. The molecule has 2 aromatic carbocycles. The molecule has 7 nitrogen and oxygen atoms in total. The van der Waals surface area contributed by atoms with Crippen LogP contribution in [0.4, 0.5) is 17.1 Å². The summed E-state index contributed by atoms with van der Waals surface area (Å²) in [5.41, 5.74) is 0.636. The van der Waals surface area contributed by atoms with Crippen molar-refractivity contribution in [1.29, 1.82) is 0 Å². The smallest absolute Gasteiger partial charge is 0.294 e. The van der Waals surface area contributed by atoms with Crippen LogP contribution in [0.2, 0.25) is 15.1 Å². The Labute approximate surface area is 169 Å². The summed E-state index contributed by atoms with van der Waals surface area (Å²) in [6, 6.07) is 7.22. The number of hydrogen-bond acceptors (Lipinski definition) is 5. The van der Waals surface area contributed by atoms with E-state index in [4.69, 9.17) is 39.5 Å². The van der Waals surface area contributed by atoms with Crippen molar-refractivity contribution >= 4 is 57.8 Å². The largest absolute Gasteiger partial charge is 0.378 e. The molecule has 10 heteroatoms. The highest BCUT2D eigenvalue weighted by Crippen LogP contribution is 2.37. The molecule has 0 bridgehead atoms. The topological polar surface area (TPSA) is 84.7 Å². The number of nitrogens with zero attached hydrogens (tertiary/aromatic N) is 2. The van der Waals surface area contributed by atoms with Gasteiger partial charge in [0.15, 0.2) is 0 Å². The van der Waals surface area contributed by atoms with Crippen molar-refractivity contribution in [2.24, 2.45) is 0 Å². The van der Waals surface area contributed by atoms with Crippen molar-refractivity contribution in [2.45, 2.75) is 0 Å². The summed E-state index contributed by atoms with van der Waals surface area (Å²) in [7, 11) is 0. The van der Waals surface area contributed by atoms with E-state index in [-0.39, 0.29) is 27.0 Å². The van der Waals surface area contributed by atoms with Crippen LogP contribution >= 0.6 is 34.8 Å². The number of ether oxygens (including phenoxy) is 1. The molecule has 142 valence electrons. The molecule has 1 aliphatic heterocycles. The lowest BCUT2D eigenvalue weighted by atomic mass is 10.1. The monoisotopic (exact) mass is 429 g/mol. The number of carbonyl (C=O) groups is 1. The first-order chi connectivity index (χ1) is 12.9. The Bertz CT molecular complexity index is 901. The van der Waals surface area contributed by atoms with Gasteiger partial charge in [0.05, 0.1) is 39.4 Å². The number of anilines is 2. The van der Waals surface area contributed by atoms with E-state index in [2.05, 4.69) is 5.32 Å². The van der Waals surface area contributed by atoms with Crippen LogP contribution in [0.25, 0.3) is 0 Å². The summed E-state index contributed by atoms with van der Waals surface area (Å²) in [6.07, 6.45) is 0. The molecule has 2 aromatic rings. The summed E-state index contributed by atoms with van der Waals surface area (Å²) >= 11 is 18.1. The number of nitrogens with one attached hydrogen (secondary N) is 1. The summed E-state index contributed by atoms with van der Waals surface area (Å²) < 4.78 is 5.29. The van der Waals surface area contributed by atoms with Gasteiger partial charge >= 0.3 is 0 Å². The van der Waals surface area contributed by atoms with E-state index in [0.29, 0.717) is 37.0 Å². The first kappa shape index (κ1) is 19.7. The van der Waals surface area contributed by atoms with Crippen LogP contribution in [0.5, 0.6) is 0 Å². The van der Waals surface area contributed by atoms with Gasteiger partial charge in [-0.15, -0.1) is 0 Å². The van der Waals surface area contributed by atoms with E-state index < -0.39 is 10.8 Å². The van der Waals surface area contributed by atoms with Gasteiger partial charge in [-0.1, -0.05) is 34.8 Å². The number of carbonyl (C=O) groups excluding carboxylic acids is 1. The Morgan fingerprint density at radius 2 is 1.81 bits per heavy atom. The third-order valence-electron chi connectivity index (χ3n) is 4.03. The van der Waals surface area contributed by atoms with E-state index in [9.17, 15) is 14.9 Å². The zero-order valence-electron chi connectivity index (χ0n) is 13.9. The number of nitro benzene ring substituents is 1. The van der Waals surface area contributed by atoms with Crippen molar-refractivity contribution in [3.05, 3.63) is 61.1 Å². The lowest BCUT2D eigenvalue weighted by Gasteiger charge is -2.29. The second-order valence-electron chi connectivity index (χ2n) is 5.76. The van der Waals surface area contributed by atoms with E-state index in [0.717, 1.165) is 0 Å². The van der Waals surface area contributed by atoms with Gasteiger partial charge in [0.25, 0.3) is 11.6 Å². The average molecular weight is 431 g/mol. The van der Waals surface area contributed by atoms with Crippen molar-refractivity contribution in [2.75, 3.05) is 36.5 Å². The fourth-order valence-electron chi connectivity index (χ4n) is 2.71. The first-order valence-corrected chi connectivity index (χ1v) is 9.07. The Hall–Kier alpha value is -2.06. The Morgan fingerprint density at radius 1 is 1.11 bits per heavy atom. The van der Waals surface area contributed by atoms with Gasteiger partial charge < -0.3 is 15.0 Å².